The number of nitrogens with zero attached hydrogens (tertiary/aromatic N) is 1. The minimum Gasteiger partial charge on any atom is -0.457 e. The van der Waals surface area contributed by atoms with Crippen LogP contribution in [-0.4, -0.2) is 49.7 Å². The summed E-state index contributed by atoms with van der Waals surface area (Å²) in [5, 5.41) is 5.17. The maximum atomic E-state index is 13.6. The number of likely N-dealkylation sites (tertiary alicyclic amines) is 1. The minimum atomic E-state index is -0.535. The van der Waals surface area contributed by atoms with Crippen molar-refractivity contribution < 1.29 is 23.5 Å². The molecule has 2 aromatic rings. The molecule has 7 nitrogen and oxygen atoms in total. The Balaban J connectivity index is 1.63. The van der Waals surface area contributed by atoms with Crippen LogP contribution >= 0.6 is 11.6 Å². The SMILES string of the molecule is CNC(=O)CC1CC(OC(=O)NC)CCN1Cc1ccc(Oc2ccc(Cl)c(F)c2)cc1. The van der Waals surface area contributed by atoms with Crippen LogP contribution < -0.4 is 15.4 Å². The Labute approximate surface area is 191 Å². The average molecular weight is 464 g/mol. The van der Waals surface area contributed by atoms with E-state index in [0.29, 0.717) is 43.9 Å². The Morgan fingerprint density at radius 3 is 2.50 bits per heavy atom. The summed E-state index contributed by atoms with van der Waals surface area (Å²) in [7, 11) is 3.13. The first-order valence-electron chi connectivity index (χ1n) is 10.4. The van der Waals surface area contributed by atoms with Gasteiger partial charge in [0.05, 0.1) is 5.02 Å². The molecule has 0 radical (unpaired) electrons. The van der Waals surface area contributed by atoms with Crippen LogP contribution in [0.15, 0.2) is 42.5 Å². The van der Waals surface area contributed by atoms with Gasteiger partial charge in [0, 0.05) is 52.1 Å². The summed E-state index contributed by atoms with van der Waals surface area (Å²) in [6.45, 7) is 1.34. The summed E-state index contributed by atoms with van der Waals surface area (Å²) >= 11 is 5.70. The molecule has 1 heterocycles. The van der Waals surface area contributed by atoms with Gasteiger partial charge >= 0.3 is 6.09 Å². The third-order valence-corrected chi connectivity index (χ3v) is 5.71. The fourth-order valence-electron chi connectivity index (χ4n) is 3.69. The number of nitrogens with one attached hydrogen (secondary N) is 2. The Morgan fingerprint density at radius 2 is 1.84 bits per heavy atom. The van der Waals surface area contributed by atoms with E-state index in [2.05, 4.69) is 15.5 Å². The van der Waals surface area contributed by atoms with E-state index in [-0.39, 0.29) is 23.1 Å². The van der Waals surface area contributed by atoms with E-state index in [1.54, 1.807) is 13.1 Å². The highest BCUT2D eigenvalue weighted by molar-refractivity contribution is 6.30. The number of rotatable bonds is 7. The molecule has 9 heteroatoms. The van der Waals surface area contributed by atoms with Gasteiger partial charge in [-0.25, -0.2) is 9.18 Å². The van der Waals surface area contributed by atoms with E-state index in [1.807, 2.05) is 24.3 Å². The topological polar surface area (TPSA) is 79.9 Å². The Bertz CT molecular complexity index is 941. The molecule has 3 rings (SSSR count). The second kappa shape index (κ2) is 11.2. The standard InChI is InChI=1S/C23H27ClFN3O4/c1-26-22(29)12-16-11-19(32-23(30)27-2)9-10-28(16)14-15-3-5-17(6-4-15)31-18-7-8-20(24)21(25)13-18/h3-8,13,16,19H,9-12,14H2,1-2H3,(H,26,29)(H,27,30). The molecule has 0 aromatic heterocycles. The highest BCUT2D eigenvalue weighted by Crippen LogP contribution is 2.28. The maximum absolute atomic E-state index is 13.6. The molecule has 2 amide bonds. The number of piperidine rings is 1. The van der Waals surface area contributed by atoms with Crippen molar-refractivity contribution in [2.75, 3.05) is 20.6 Å². The third-order valence-electron chi connectivity index (χ3n) is 5.40. The molecule has 2 aromatic carbocycles. The Morgan fingerprint density at radius 1 is 1.12 bits per heavy atom. The lowest BCUT2D eigenvalue weighted by Crippen LogP contribution is -2.47. The summed E-state index contributed by atoms with van der Waals surface area (Å²) in [6.07, 6.45) is 0.924. The van der Waals surface area contributed by atoms with Crippen molar-refractivity contribution in [2.45, 2.75) is 38.0 Å². The van der Waals surface area contributed by atoms with Crippen molar-refractivity contribution in [3.05, 3.63) is 58.9 Å². The van der Waals surface area contributed by atoms with E-state index < -0.39 is 11.9 Å². The van der Waals surface area contributed by atoms with Gasteiger partial charge in [0.1, 0.15) is 23.4 Å². The molecule has 0 aliphatic carbocycles. The van der Waals surface area contributed by atoms with Crippen LogP contribution in [0.3, 0.4) is 0 Å². The highest BCUT2D eigenvalue weighted by Gasteiger charge is 2.31. The van der Waals surface area contributed by atoms with Crippen molar-refractivity contribution in [3.63, 3.8) is 0 Å². The molecule has 0 saturated carbocycles. The lowest BCUT2D eigenvalue weighted by atomic mass is 9.95. The second-order valence-corrected chi connectivity index (χ2v) is 8.03. The van der Waals surface area contributed by atoms with Gasteiger partial charge in [-0.1, -0.05) is 23.7 Å². The first-order valence-corrected chi connectivity index (χ1v) is 10.8. The number of alkyl carbamates (subject to hydrolysis) is 1. The molecule has 1 aliphatic rings. The van der Waals surface area contributed by atoms with E-state index in [4.69, 9.17) is 21.1 Å². The molecule has 0 spiro atoms. The fraction of sp³-hybridized carbons (Fsp3) is 0.391. The monoisotopic (exact) mass is 463 g/mol. The summed E-state index contributed by atoms with van der Waals surface area (Å²) in [4.78, 5) is 25.8. The predicted octanol–water partition coefficient (Wildman–Crippen LogP) is 4.10. The van der Waals surface area contributed by atoms with Gasteiger partial charge in [-0.2, -0.15) is 0 Å². The van der Waals surface area contributed by atoms with Gasteiger partial charge in [-0.15, -0.1) is 0 Å². The third kappa shape index (κ3) is 6.58. The van der Waals surface area contributed by atoms with Crippen LogP contribution in [0.5, 0.6) is 11.5 Å². The smallest absolute Gasteiger partial charge is 0.407 e. The van der Waals surface area contributed by atoms with Crippen molar-refractivity contribution in [1.82, 2.24) is 15.5 Å². The molecule has 2 N–H and O–H groups in total. The van der Waals surface area contributed by atoms with Gasteiger partial charge < -0.3 is 20.1 Å². The van der Waals surface area contributed by atoms with Crippen LogP contribution in [-0.2, 0) is 16.1 Å². The number of amides is 2. The number of hydrogen-bond acceptors (Lipinski definition) is 5. The van der Waals surface area contributed by atoms with Gasteiger partial charge in [-0.3, -0.25) is 9.69 Å². The number of benzene rings is 2. The van der Waals surface area contributed by atoms with Gasteiger partial charge in [0.2, 0.25) is 5.91 Å². The highest BCUT2D eigenvalue weighted by atomic mass is 35.5. The van der Waals surface area contributed by atoms with E-state index in [1.165, 1.54) is 19.2 Å². The van der Waals surface area contributed by atoms with Gasteiger partial charge in [-0.05, 0) is 36.2 Å². The summed E-state index contributed by atoms with van der Waals surface area (Å²) in [6, 6.07) is 11.8. The normalized spacial score (nSPS) is 18.6. The lowest BCUT2D eigenvalue weighted by Gasteiger charge is -2.38. The molecule has 0 bridgehead atoms. The van der Waals surface area contributed by atoms with Crippen LogP contribution in [0.4, 0.5) is 9.18 Å². The van der Waals surface area contributed by atoms with Crippen molar-refractivity contribution >= 4 is 23.6 Å². The van der Waals surface area contributed by atoms with E-state index in [0.717, 1.165) is 5.56 Å². The zero-order chi connectivity index (χ0) is 23.1. The zero-order valence-corrected chi connectivity index (χ0v) is 18.8. The molecule has 172 valence electrons. The van der Waals surface area contributed by atoms with E-state index in [9.17, 15) is 14.0 Å². The first-order chi connectivity index (χ1) is 15.4. The fourth-order valence-corrected chi connectivity index (χ4v) is 3.81. The van der Waals surface area contributed by atoms with Crippen molar-refractivity contribution in [3.8, 4) is 11.5 Å². The van der Waals surface area contributed by atoms with Crippen molar-refractivity contribution in [1.29, 1.82) is 0 Å². The lowest BCUT2D eigenvalue weighted by molar-refractivity contribution is -0.122. The number of carbonyl (C=O) groups is 2. The Kier molecular flexibility index (Phi) is 8.30. The molecular formula is C23H27ClFN3O4. The van der Waals surface area contributed by atoms with Gasteiger partial charge in [0.25, 0.3) is 0 Å². The number of carbonyl (C=O) groups excluding carboxylic acids is 2. The largest absolute Gasteiger partial charge is 0.457 e. The maximum Gasteiger partial charge on any atom is 0.407 e. The zero-order valence-electron chi connectivity index (χ0n) is 18.1. The molecule has 2 atom stereocenters. The number of ether oxygens (including phenoxy) is 2. The molecule has 2 unspecified atom stereocenters. The molecule has 1 fully saturated rings. The first kappa shape index (κ1) is 23.8. The predicted molar refractivity (Wildman–Crippen MR) is 119 cm³/mol. The van der Waals surface area contributed by atoms with Crippen LogP contribution in [0, 0.1) is 5.82 Å². The van der Waals surface area contributed by atoms with Crippen molar-refractivity contribution in [2.24, 2.45) is 0 Å². The number of halogens is 2. The minimum absolute atomic E-state index is 0.0449. The molecule has 1 saturated heterocycles. The van der Waals surface area contributed by atoms with Crippen LogP contribution in [0.2, 0.25) is 5.02 Å². The van der Waals surface area contributed by atoms with Gasteiger partial charge in [0.15, 0.2) is 0 Å². The Hall–Kier alpha value is -2.84. The molecule has 1 aliphatic heterocycles. The second-order valence-electron chi connectivity index (χ2n) is 7.63. The quantitative estimate of drug-likeness (QED) is 0.646. The summed E-state index contributed by atoms with van der Waals surface area (Å²) in [5.41, 5.74) is 1.05. The molecule has 32 heavy (non-hydrogen) atoms. The summed E-state index contributed by atoms with van der Waals surface area (Å²) < 4.78 is 24.7. The van der Waals surface area contributed by atoms with Crippen LogP contribution in [0.1, 0.15) is 24.8 Å². The van der Waals surface area contributed by atoms with E-state index >= 15 is 0 Å². The molecular weight excluding hydrogens is 437 g/mol. The number of hydrogen-bond donors (Lipinski definition) is 2. The van der Waals surface area contributed by atoms with Crippen LogP contribution in [0.25, 0.3) is 0 Å². The average Bonchev–Trinajstić information content (AvgIpc) is 2.79. The summed E-state index contributed by atoms with van der Waals surface area (Å²) in [5.74, 6) is 0.352.